The van der Waals surface area contributed by atoms with Crippen LogP contribution in [-0.4, -0.2) is 19.7 Å². The molecule has 1 saturated carbocycles. The molecular weight excluding hydrogens is 366 g/mol. The summed E-state index contributed by atoms with van der Waals surface area (Å²) in [6, 6.07) is 13.1. The van der Waals surface area contributed by atoms with E-state index in [4.69, 9.17) is 5.73 Å². The highest BCUT2D eigenvalue weighted by atomic mass is 16.1. The number of anilines is 2. The van der Waals surface area contributed by atoms with Crippen LogP contribution in [0.2, 0.25) is 0 Å². The topological polar surface area (TPSA) is 123 Å². The van der Waals surface area contributed by atoms with Crippen molar-refractivity contribution in [3.05, 3.63) is 64.2 Å². The van der Waals surface area contributed by atoms with Gasteiger partial charge in [-0.25, -0.2) is 14.6 Å². The largest absolute Gasteiger partial charge is 0.382 e. The molecule has 3 aromatic rings. The molecule has 146 valence electrons. The Hall–Kier alpha value is -3.73. The maximum Gasteiger partial charge on any atom is 0.267 e. The molecule has 0 radical (unpaired) electrons. The lowest BCUT2D eigenvalue weighted by molar-refractivity contribution is 0.532. The first-order valence-corrected chi connectivity index (χ1v) is 9.51. The number of nitriles is 1. The van der Waals surface area contributed by atoms with Crippen LogP contribution in [0.25, 0.3) is 11.3 Å². The van der Waals surface area contributed by atoms with Gasteiger partial charge in [0.15, 0.2) is 0 Å². The Kier molecular flexibility index (Phi) is 4.96. The van der Waals surface area contributed by atoms with Gasteiger partial charge in [-0.1, -0.05) is 30.3 Å². The molecule has 1 aliphatic rings. The van der Waals surface area contributed by atoms with E-state index < -0.39 is 0 Å². The monoisotopic (exact) mass is 387 g/mol. The predicted octanol–water partition coefficient (Wildman–Crippen LogP) is 2.74. The molecular formula is C21H21N7O. The van der Waals surface area contributed by atoms with Crippen molar-refractivity contribution in [3.63, 3.8) is 0 Å². The number of nitrogens with one attached hydrogen (secondary N) is 1. The van der Waals surface area contributed by atoms with E-state index in [0.29, 0.717) is 18.3 Å². The molecule has 2 aromatic heterocycles. The third-order valence-electron chi connectivity index (χ3n) is 5.01. The zero-order chi connectivity index (χ0) is 20.4. The van der Waals surface area contributed by atoms with Crippen molar-refractivity contribution < 1.29 is 0 Å². The first kappa shape index (κ1) is 18.6. The van der Waals surface area contributed by atoms with Gasteiger partial charge < -0.3 is 11.1 Å². The summed E-state index contributed by atoms with van der Waals surface area (Å²) in [5.74, 6) is 0.972. The summed E-state index contributed by atoms with van der Waals surface area (Å²) in [7, 11) is 0. The number of nitrogens with two attached hydrogens (primary N) is 1. The van der Waals surface area contributed by atoms with Crippen molar-refractivity contribution >= 4 is 11.6 Å². The van der Waals surface area contributed by atoms with Gasteiger partial charge in [0.1, 0.15) is 29.6 Å². The summed E-state index contributed by atoms with van der Waals surface area (Å²) in [5, 5.41) is 17.2. The Morgan fingerprint density at radius 2 is 2.07 bits per heavy atom. The minimum absolute atomic E-state index is 0.110. The second-order valence-corrected chi connectivity index (χ2v) is 7.24. The molecule has 8 heteroatoms. The molecule has 0 saturated heterocycles. The molecule has 4 rings (SSSR count). The summed E-state index contributed by atoms with van der Waals surface area (Å²) in [4.78, 5) is 20.7. The zero-order valence-corrected chi connectivity index (χ0v) is 16.0. The highest BCUT2D eigenvalue weighted by Crippen LogP contribution is 2.31. The number of benzene rings is 1. The van der Waals surface area contributed by atoms with E-state index in [0.717, 1.165) is 29.7 Å². The zero-order valence-electron chi connectivity index (χ0n) is 16.0. The number of nitrogen functional groups attached to an aromatic ring is 1. The molecule has 1 fully saturated rings. The van der Waals surface area contributed by atoms with Crippen molar-refractivity contribution in [1.82, 2.24) is 19.7 Å². The van der Waals surface area contributed by atoms with Gasteiger partial charge in [0, 0.05) is 23.7 Å². The molecule has 1 atom stereocenters. The number of hydrogen-bond acceptors (Lipinski definition) is 7. The van der Waals surface area contributed by atoms with E-state index in [2.05, 4.69) is 20.4 Å². The molecule has 8 nitrogen and oxygen atoms in total. The number of rotatable bonds is 6. The third-order valence-corrected chi connectivity index (χ3v) is 5.01. The van der Waals surface area contributed by atoms with Crippen molar-refractivity contribution in [1.29, 1.82) is 5.26 Å². The molecule has 29 heavy (non-hydrogen) atoms. The minimum Gasteiger partial charge on any atom is -0.382 e. The fraction of sp³-hybridized carbons (Fsp3) is 0.286. The molecule has 1 aromatic carbocycles. The van der Waals surface area contributed by atoms with Crippen LogP contribution < -0.4 is 16.6 Å². The quantitative estimate of drug-likeness (QED) is 0.666. The Balaban J connectivity index is 1.76. The van der Waals surface area contributed by atoms with Crippen LogP contribution in [0.5, 0.6) is 0 Å². The predicted molar refractivity (Wildman–Crippen MR) is 110 cm³/mol. The minimum atomic E-state index is -0.331. The second kappa shape index (κ2) is 7.72. The normalized spacial score (nSPS) is 14.2. The summed E-state index contributed by atoms with van der Waals surface area (Å²) in [6.07, 6.45) is 3.58. The van der Waals surface area contributed by atoms with Crippen molar-refractivity contribution in [2.75, 3.05) is 11.1 Å². The van der Waals surface area contributed by atoms with Gasteiger partial charge >= 0.3 is 0 Å². The van der Waals surface area contributed by atoms with Gasteiger partial charge in [-0.15, -0.1) is 0 Å². The average molecular weight is 387 g/mol. The van der Waals surface area contributed by atoms with Gasteiger partial charge in [-0.2, -0.15) is 10.4 Å². The van der Waals surface area contributed by atoms with Gasteiger partial charge in [-0.3, -0.25) is 4.79 Å². The maximum absolute atomic E-state index is 12.7. The van der Waals surface area contributed by atoms with E-state index in [1.165, 1.54) is 6.33 Å². The van der Waals surface area contributed by atoms with Crippen molar-refractivity contribution in [3.8, 4) is 17.3 Å². The summed E-state index contributed by atoms with van der Waals surface area (Å²) in [5.41, 5.74) is 8.20. The average Bonchev–Trinajstić information content (AvgIpc) is 3.54. The van der Waals surface area contributed by atoms with Gasteiger partial charge in [0.25, 0.3) is 5.56 Å². The Labute approximate surface area is 168 Å². The van der Waals surface area contributed by atoms with Crippen LogP contribution in [0.1, 0.15) is 36.9 Å². The van der Waals surface area contributed by atoms with Crippen LogP contribution >= 0.6 is 0 Å². The van der Waals surface area contributed by atoms with Crippen molar-refractivity contribution in [2.24, 2.45) is 5.92 Å². The molecule has 0 spiro atoms. The number of hydrogen-bond donors (Lipinski definition) is 2. The first-order chi connectivity index (χ1) is 14.1. The van der Waals surface area contributed by atoms with Gasteiger partial charge in [-0.05, 0) is 25.7 Å². The highest BCUT2D eigenvalue weighted by molar-refractivity contribution is 5.66. The van der Waals surface area contributed by atoms with E-state index >= 15 is 0 Å². The number of nitrogens with zero attached hydrogens (tertiary/aromatic N) is 5. The van der Waals surface area contributed by atoms with Crippen LogP contribution in [-0.2, 0) is 6.54 Å². The lowest BCUT2D eigenvalue weighted by Gasteiger charge is -2.19. The Morgan fingerprint density at radius 3 is 2.76 bits per heavy atom. The molecule has 0 bridgehead atoms. The van der Waals surface area contributed by atoms with Crippen LogP contribution in [0.3, 0.4) is 0 Å². The molecule has 0 aliphatic heterocycles. The van der Waals surface area contributed by atoms with E-state index in [-0.39, 0.29) is 23.0 Å². The standard InChI is InChI=1S/C21H21N7O/c1-13(26-21-17(10-22)20(23)24-12-25-21)16-9-18(29)28(11-14-7-8-14)27-19(16)15-5-3-2-4-6-15/h2-6,9,12-14H,7-8,11H2,1H3,(H3,23,24,25,26). The van der Waals surface area contributed by atoms with E-state index in [1.54, 1.807) is 10.7 Å². The van der Waals surface area contributed by atoms with Crippen LogP contribution in [0, 0.1) is 17.2 Å². The summed E-state index contributed by atoms with van der Waals surface area (Å²) < 4.78 is 1.56. The van der Waals surface area contributed by atoms with Gasteiger partial charge in [0.2, 0.25) is 0 Å². The smallest absolute Gasteiger partial charge is 0.267 e. The van der Waals surface area contributed by atoms with E-state index in [1.807, 2.05) is 43.3 Å². The molecule has 2 heterocycles. The summed E-state index contributed by atoms with van der Waals surface area (Å²) >= 11 is 0. The fourth-order valence-corrected chi connectivity index (χ4v) is 3.23. The molecule has 3 N–H and O–H groups in total. The lowest BCUT2D eigenvalue weighted by Crippen LogP contribution is -2.26. The SMILES string of the molecule is CC(Nc1ncnc(N)c1C#N)c1cc(=O)n(CC2CC2)nc1-c1ccccc1. The maximum atomic E-state index is 12.7. The fourth-order valence-electron chi connectivity index (χ4n) is 3.23. The number of aromatic nitrogens is 4. The van der Waals surface area contributed by atoms with Crippen molar-refractivity contribution in [2.45, 2.75) is 32.4 Å². The lowest BCUT2D eigenvalue weighted by atomic mass is 10.0. The Bertz CT molecular complexity index is 1130. The second-order valence-electron chi connectivity index (χ2n) is 7.24. The third kappa shape index (κ3) is 3.94. The highest BCUT2D eigenvalue weighted by Gasteiger charge is 2.24. The first-order valence-electron chi connectivity index (χ1n) is 9.51. The Morgan fingerprint density at radius 1 is 1.31 bits per heavy atom. The molecule has 0 amide bonds. The molecule has 1 unspecified atom stereocenters. The van der Waals surface area contributed by atoms with E-state index in [9.17, 15) is 10.1 Å². The van der Waals surface area contributed by atoms with Crippen LogP contribution in [0.4, 0.5) is 11.6 Å². The van der Waals surface area contributed by atoms with Gasteiger partial charge in [0.05, 0.1) is 11.7 Å². The summed E-state index contributed by atoms with van der Waals surface area (Å²) in [6.45, 7) is 2.54. The van der Waals surface area contributed by atoms with Crippen LogP contribution in [0.15, 0.2) is 47.5 Å². The molecule has 1 aliphatic carbocycles.